The van der Waals surface area contributed by atoms with E-state index in [1.807, 2.05) is 6.92 Å². The fourth-order valence-electron chi connectivity index (χ4n) is 1.76. The van der Waals surface area contributed by atoms with Gasteiger partial charge in [-0.15, -0.1) is 0 Å². The SMILES string of the molecule is CCC(CBr)(CBr)NC(=O)c1c(OC)cccc1OC. The molecule has 0 atom stereocenters. The number of halogens is 2. The van der Waals surface area contributed by atoms with E-state index in [9.17, 15) is 4.79 Å². The average Bonchev–Trinajstić information content (AvgIpc) is 2.51. The van der Waals surface area contributed by atoms with Crippen molar-refractivity contribution in [3.05, 3.63) is 23.8 Å². The number of nitrogens with one attached hydrogen (secondary N) is 1. The molecule has 1 amide bonds. The molecule has 0 heterocycles. The van der Waals surface area contributed by atoms with E-state index in [2.05, 4.69) is 37.2 Å². The molecular weight excluding hydrogens is 390 g/mol. The van der Waals surface area contributed by atoms with Crippen molar-refractivity contribution in [3.8, 4) is 11.5 Å². The number of hydrogen-bond acceptors (Lipinski definition) is 3. The summed E-state index contributed by atoms with van der Waals surface area (Å²) < 4.78 is 10.5. The summed E-state index contributed by atoms with van der Waals surface area (Å²) in [4.78, 5) is 12.6. The maximum Gasteiger partial charge on any atom is 0.259 e. The van der Waals surface area contributed by atoms with Crippen LogP contribution in [0.4, 0.5) is 0 Å². The second-order valence-corrected chi connectivity index (χ2v) is 5.51. The fourth-order valence-corrected chi connectivity index (χ4v) is 3.76. The molecule has 0 saturated carbocycles. The molecule has 6 heteroatoms. The molecule has 20 heavy (non-hydrogen) atoms. The van der Waals surface area contributed by atoms with Crippen molar-refractivity contribution >= 4 is 37.8 Å². The van der Waals surface area contributed by atoms with E-state index in [-0.39, 0.29) is 11.4 Å². The van der Waals surface area contributed by atoms with Crippen molar-refractivity contribution < 1.29 is 14.3 Å². The van der Waals surface area contributed by atoms with Crippen LogP contribution in [-0.2, 0) is 0 Å². The summed E-state index contributed by atoms with van der Waals surface area (Å²) >= 11 is 6.92. The Balaban J connectivity index is 3.14. The van der Waals surface area contributed by atoms with E-state index in [1.54, 1.807) is 18.2 Å². The molecular formula is C14H19Br2NO3. The second kappa shape index (κ2) is 7.88. The van der Waals surface area contributed by atoms with E-state index in [0.717, 1.165) is 6.42 Å². The van der Waals surface area contributed by atoms with Crippen molar-refractivity contribution in [3.63, 3.8) is 0 Å². The van der Waals surface area contributed by atoms with Gasteiger partial charge in [0, 0.05) is 10.7 Å². The standard InChI is InChI=1S/C14H19Br2NO3/c1-4-14(8-15,9-16)17-13(18)12-10(19-2)6-5-7-11(12)20-3/h5-7H,4,8-9H2,1-3H3,(H,17,18). The number of carbonyl (C=O) groups is 1. The molecule has 0 aliphatic rings. The predicted octanol–water partition coefficient (Wildman–Crippen LogP) is 3.37. The van der Waals surface area contributed by atoms with E-state index in [0.29, 0.717) is 27.7 Å². The summed E-state index contributed by atoms with van der Waals surface area (Å²) in [5, 5.41) is 4.37. The molecule has 0 unspecified atom stereocenters. The van der Waals surface area contributed by atoms with Gasteiger partial charge in [0.2, 0.25) is 0 Å². The zero-order valence-electron chi connectivity index (χ0n) is 11.8. The molecule has 1 N–H and O–H groups in total. The van der Waals surface area contributed by atoms with Crippen LogP contribution in [0.1, 0.15) is 23.7 Å². The summed E-state index contributed by atoms with van der Waals surface area (Å²) in [6.07, 6.45) is 0.798. The van der Waals surface area contributed by atoms with Crippen molar-refractivity contribution in [1.29, 1.82) is 0 Å². The summed E-state index contributed by atoms with van der Waals surface area (Å²) in [5.41, 5.74) is 0.0698. The van der Waals surface area contributed by atoms with Crippen LogP contribution in [0.2, 0.25) is 0 Å². The first-order valence-corrected chi connectivity index (χ1v) is 8.47. The molecule has 4 nitrogen and oxygen atoms in total. The van der Waals surface area contributed by atoms with Crippen LogP contribution in [0.5, 0.6) is 11.5 Å². The number of ether oxygens (including phenoxy) is 2. The number of carbonyl (C=O) groups excluding carboxylic acids is 1. The highest BCUT2D eigenvalue weighted by molar-refractivity contribution is 9.09. The molecule has 0 spiro atoms. The second-order valence-electron chi connectivity index (χ2n) is 4.39. The van der Waals surface area contributed by atoms with Crippen LogP contribution in [-0.4, -0.2) is 36.3 Å². The first-order chi connectivity index (χ1) is 9.57. The van der Waals surface area contributed by atoms with Gasteiger partial charge in [-0.1, -0.05) is 44.8 Å². The summed E-state index contributed by atoms with van der Waals surface area (Å²) in [6, 6.07) is 5.27. The zero-order valence-corrected chi connectivity index (χ0v) is 15.0. The molecule has 0 bridgehead atoms. The Morgan fingerprint density at radius 3 is 2.05 bits per heavy atom. The van der Waals surface area contributed by atoms with Gasteiger partial charge in [0.1, 0.15) is 17.1 Å². The third-order valence-corrected chi connectivity index (χ3v) is 5.37. The lowest BCUT2D eigenvalue weighted by Crippen LogP contribution is -2.51. The highest BCUT2D eigenvalue weighted by atomic mass is 79.9. The highest BCUT2D eigenvalue weighted by Crippen LogP contribution is 2.29. The van der Waals surface area contributed by atoms with Crippen molar-refractivity contribution in [1.82, 2.24) is 5.32 Å². The monoisotopic (exact) mass is 407 g/mol. The lowest BCUT2D eigenvalue weighted by atomic mass is 10.0. The number of rotatable bonds is 7. The van der Waals surface area contributed by atoms with E-state index in [1.165, 1.54) is 14.2 Å². The minimum absolute atomic E-state index is 0.208. The lowest BCUT2D eigenvalue weighted by Gasteiger charge is -2.30. The van der Waals surface area contributed by atoms with E-state index in [4.69, 9.17) is 9.47 Å². The van der Waals surface area contributed by atoms with E-state index >= 15 is 0 Å². The highest BCUT2D eigenvalue weighted by Gasteiger charge is 2.30. The molecule has 1 rings (SSSR count). The molecule has 1 aromatic rings. The van der Waals surface area contributed by atoms with Gasteiger partial charge >= 0.3 is 0 Å². The summed E-state index contributed by atoms with van der Waals surface area (Å²) in [6.45, 7) is 2.03. The van der Waals surface area contributed by atoms with Gasteiger partial charge in [0.05, 0.1) is 19.8 Å². The van der Waals surface area contributed by atoms with Gasteiger partial charge in [-0.25, -0.2) is 0 Å². The maximum absolute atomic E-state index is 12.6. The largest absolute Gasteiger partial charge is 0.496 e. The zero-order chi connectivity index (χ0) is 15.2. The Labute approximate surface area is 136 Å². The Hall–Kier alpha value is -0.750. The Kier molecular flexibility index (Phi) is 6.82. The molecule has 1 aromatic carbocycles. The molecule has 0 aliphatic heterocycles. The normalized spacial score (nSPS) is 11.1. The Bertz CT molecular complexity index is 431. The number of amides is 1. The van der Waals surface area contributed by atoms with Crippen LogP contribution in [0.3, 0.4) is 0 Å². The van der Waals surface area contributed by atoms with Crippen molar-refractivity contribution in [2.24, 2.45) is 0 Å². The van der Waals surface area contributed by atoms with Crippen LogP contribution in [0.15, 0.2) is 18.2 Å². The van der Waals surface area contributed by atoms with Crippen LogP contribution >= 0.6 is 31.9 Å². The van der Waals surface area contributed by atoms with Crippen LogP contribution < -0.4 is 14.8 Å². The average molecular weight is 409 g/mol. The van der Waals surface area contributed by atoms with Gasteiger partial charge < -0.3 is 14.8 Å². The first-order valence-electron chi connectivity index (χ1n) is 6.23. The predicted molar refractivity (Wildman–Crippen MR) is 87.6 cm³/mol. The van der Waals surface area contributed by atoms with Crippen molar-refractivity contribution in [2.45, 2.75) is 18.9 Å². The fraction of sp³-hybridized carbons (Fsp3) is 0.500. The maximum atomic E-state index is 12.6. The number of methoxy groups -OCH3 is 2. The van der Waals surface area contributed by atoms with Gasteiger partial charge in [0.15, 0.2) is 0 Å². The molecule has 112 valence electrons. The van der Waals surface area contributed by atoms with E-state index < -0.39 is 0 Å². The van der Waals surface area contributed by atoms with Gasteiger partial charge in [0.25, 0.3) is 5.91 Å². The van der Waals surface area contributed by atoms with Gasteiger partial charge in [-0.3, -0.25) is 4.79 Å². The molecule has 0 aromatic heterocycles. The van der Waals surface area contributed by atoms with Gasteiger partial charge in [-0.2, -0.15) is 0 Å². The minimum Gasteiger partial charge on any atom is -0.496 e. The number of hydrogen-bond donors (Lipinski definition) is 1. The Morgan fingerprint density at radius 2 is 1.70 bits per heavy atom. The molecule has 0 radical (unpaired) electrons. The third kappa shape index (κ3) is 3.67. The molecule has 0 saturated heterocycles. The van der Waals surface area contributed by atoms with Gasteiger partial charge in [-0.05, 0) is 18.6 Å². The van der Waals surface area contributed by atoms with Crippen molar-refractivity contribution in [2.75, 3.05) is 24.9 Å². The molecule has 0 fully saturated rings. The quantitative estimate of drug-likeness (QED) is 0.703. The summed E-state index contributed by atoms with van der Waals surface area (Å²) in [5.74, 6) is 0.784. The number of benzene rings is 1. The molecule has 0 aliphatic carbocycles. The minimum atomic E-state index is -0.344. The lowest BCUT2D eigenvalue weighted by molar-refractivity contribution is 0.0909. The Morgan fingerprint density at radius 1 is 1.20 bits per heavy atom. The van der Waals surface area contributed by atoms with Crippen LogP contribution in [0.25, 0.3) is 0 Å². The first kappa shape index (κ1) is 17.3. The third-order valence-electron chi connectivity index (χ3n) is 3.22. The van der Waals surface area contributed by atoms with Crippen LogP contribution in [0, 0.1) is 0 Å². The topological polar surface area (TPSA) is 47.6 Å². The smallest absolute Gasteiger partial charge is 0.259 e. The number of alkyl halides is 2. The summed E-state index contributed by atoms with van der Waals surface area (Å²) in [7, 11) is 3.07.